The Morgan fingerprint density at radius 3 is 1.86 bits per heavy atom. The van der Waals surface area contributed by atoms with Gasteiger partial charge in [-0.1, -0.05) is 48.5 Å². The van der Waals surface area contributed by atoms with Crippen molar-refractivity contribution in [3.63, 3.8) is 0 Å². The average molecular weight is 395 g/mol. The fourth-order valence-electron chi connectivity index (χ4n) is 3.86. The number of esters is 2. The highest BCUT2D eigenvalue weighted by Gasteiger charge is 2.56. The first-order valence-corrected chi connectivity index (χ1v) is 9.74. The van der Waals surface area contributed by atoms with Crippen LogP contribution in [0.5, 0.6) is 0 Å². The van der Waals surface area contributed by atoms with E-state index >= 15 is 0 Å². The molecule has 0 N–H and O–H groups in total. The highest BCUT2D eigenvalue weighted by Crippen LogP contribution is 2.37. The van der Waals surface area contributed by atoms with Crippen molar-refractivity contribution in [3.05, 3.63) is 59.7 Å². The number of amides is 1. The van der Waals surface area contributed by atoms with Crippen molar-refractivity contribution in [2.75, 3.05) is 13.2 Å². The second-order valence-electron chi connectivity index (χ2n) is 6.90. The predicted octanol–water partition coefficient (Wildman–Crippen LogP) is 3.12. The molecule has 1 heterocycles. The van der Waals surface area contributed by atoms with Crippen LogP contribution in [0.2, 0.25) is 0 Å². The van der Waals surface area contributed by atoms with Gasteiger partial charge in [-0.3, -0.25) is 4.79 Å². The van der Waals surface area contributed by atoms with Crippen LogP contribution in [0.1, 0.15) is 31.9 Å². The van der Waals surface area contributed by atoms with Crippen LogP contribution >= 0.6 is 0 Å². The smallest absolute Gasteiger partial charge is 0.344 e. The topological polar surface area (TPSA) is 72.9 Å². The van der Waals surface area contributed by atoms with Crippen LogP contribution in [0.4, 0.5) is 0 Å². The van der Waals surface area contributed by atoms with Crippen molar-refractivity contribution in [3.8, 4) is 11.1 Å². The van der Waals surface area contributed by atoms with E-state index < -0.39 is 23.4 Å². The van der Waals surface area contributed by atoms with Gasteiger partial charge in [0.1, 0.15) is 0 Å². The lowest BCUT2D eigenvalue weighted by Crippen LogP contribution is -2.64. The van der Waals surface area contributed by atoms with Crippen LogP contribution in [0.3, 0.4) is 0 Å². The van der Waals surface area contributed by atoms with Crippen LogP contribution in [0, 0.1) is 0 Å². The number of rotatable bonds is 4. The number of fused-ring (bicyclic) bond motifs is 3. The van der Waals surface area contributed by atoms with Crippen LogP contribution in [0.15, 0.2) is 48.5 Å². The molecule has 1 aliphatic heterocycles. The third kappa shape index (κ3) is 3.62. The third-order valence-corrected chi connectivity index (χ3v) is 5.17. The lowest BCUT2D eigenvalue weighted by molar-refractivity contribution is -0.179. The van der Waals surface area contributed by atoms with Gasteiger partial charge in [0.25, 0.3) is 0 Å². The Morgan fingerprint density at radius 1 is 0.862 bits per heavy atom. The maximum Gasteiger partial charge on any atom is 0.344 e. The fraction of sp³-hybridized carbons (Fsp3) is 0.348. The van der Waals surface area contributed by atoms with E-state index in [1.54, 1.807) is 13.8 Å². The molecular formula is C23H25NO5. The van der Waals surface area contributed by atoms with E-state index in [1.807, 2.05) is 48.5 Å². The lowest BCUT2D eigenvalue weighted by atomic mass is 9.81. The molecule has 3 rings (SSSR count). The Hall–Kier alpha value is -3.15. The molecule has 0 unspecified atom stereocenters. The molecule has 1 amide bonds. The van der Waals surface area contributed by atoms with Gasteiger partial charge in [0.2, 0.25) is 11.4 Å². The number of hydrogen-bond acceptors (Lipinski definition) is 5. The predicted molar refractivity (Wildman–Crippen MR) is 108 cm³/mol. The minimum absolute atomic E-state index is 0.0191. The first-order chi connectivity index (χ1) is 14.0. The van der Waals surface area contributed by atoms with Crippen molar-refractivity contribution < 1.29 is 23.9 Å². The van der Waals surface area contributed by atoms with Gasteiger partial charge in [0.05, 0.1) is 13.2 Å². The number of ether oxygens (including phenoxy) is 2. The van der Waals surface area contributed by atoms with Gasteiger partial charge in [0, 0.05) is 19.9 Å². The zero-order valence-electron chi connectivity index (χ0n) is 16.9. The Labute approximate surface area is 170 Å². The molecule has 152 valence electrons. The summed E-state index contributed by atoms with van der Waals surface area (Å²) in [5, 5.41) is 0. The zero-order chi connectivity index (χ0) is 21.0. The summed E-state index contributed by atoms with van der Waals surface area (Å²) in [4.78, 5) is 40.5. The summed E-state index contributed by atoms with van der Waals surface area (Å²) in [5.74, 6) is -1.95. The van der Waals surface area contributed by atoms with Crippen LogP contribution < -0.4 is 0 Å². The Morgan fingerprint density at radius 2 is 1.34 bits per heavy atom. The third-order valence-electron chi connectivity index (χ3n) is 5.17. The first-order valence-electron chi connectivity index (χ1n) is 9.74. The summed E-state index contributed by atoms with van der Waals surface area (Å²) in [7, 11) is 0. The normalized spacial score (nSPS) is 14.7. The maximum atomic E-state index is 13.2. The molecule has 0 radical (unpaired) electrons. The van der Waals surface area contributed by atoms with E-state index in [2.05, 4.69) is 0 Å². The molecule has 0 atom stereocenters. The maximum absolute atomic E-state index is 13.2. The molecule has 0 spiro atoms. The van der Waals surface area contributed by atoms with E-state index in [4.69, 9.17) is 9.47 Å². The summed E-state index contributed by atoms with van der Waals surface area (Å²) in [6, 6.07) is 15.3. The molecule has 0 saturated carbocycles. The fourth-order valence-corrected chi connectivity index (χ4v) is 3.86. The van der Waals surface area contributed by atoms with Gasteiger partial charge in [0.15, 0.2) is 0 Å². The molecule has 6 nitrogen and oxygen atoms in total. The number of nitrogens with zero attached hydrogens (tertiary/aromatic N) is 1. The number of carbonyl (C=O) groups is 3. The highest BCUT2D eigenvalue weighted by molar-refractivity contribution is 6.08. The first kappa shape index (κ1) is 20.6. The minimum atomic E-state index is -1.89. The molecule has 29 heavy (non-hydrogen) atoms. The van der Waals surface area contributed by atoms with Crippen molar-refractivity contribution in [2.24, 2.45) is 0 Å². The molecule has 6 heteroatoms. The Bertz CT molecular complexity index is 918. The van der Waals surface area contributed by atoms with E-state index in [0.717, 1.165) is 22.3 Å². The van der Waals surface area contributed by atoms with Crippen molar-refractivity contribution in [1.29, 1.82) is 0 Å². The van der Waals surface area contributed by atoms with E-state index in [-0.39, 0.29) is 26.2 Å². The average Bonchev–Trinajstić information content (AvgIpc) is 2.70. The highest BCUT2D eigenvalue weighted by atomic mass is 16.6. The minimum Gasteiger partial charge on any atom is -0.464 e. The summed E-state index contributed by atoms with van der Waals surface area (Å²) in [6.45, 7) is 4.96. The number of hydrogen-bond donors (Lipinski definition) is 0. The van der Waals surface area contributed by atoms with Crippen LogP contribution in [-0.2, 0) is 36.8 Å². The van der Waals surface area contributed by atoms with Crippen molar-refractivity contribution in [1.82, 2.24) is 4.90 Å². The molecule has 0 aliphatic carbocycles. The molecule has 0 saturated heterocycles. The van der Waals surface area contributed by atoms with Crippen LogP contribution in [0.25, 0.3) is 11.1 Å². The largest absolute Gasteiger partial charge is 0.464 e. The summed E-state index contributed by atoms with van der Waals surface area (Å²) in [5.41, 5.74) is 1.61. The summed E-state index contributed by atoms with van der Waals surface area (Å²) in [6.07, 6.45) is -0.0191. The number of carbonyl (C=O) groups excluding carboxylic acids is 3. The lowest BCUT2D eigenvalue weighted by Gasteiger charge is -2.41. The second kappa shape index (κ2) is 8.47. The van der Waals surface area contributed by atoms with Crippen molar-refractivity contribution in [2.45, 2.75) is 39.3 Å². The van der Waals surface area contributed by atoms with Gasteiger partial charge in [-0.15, -0.1) is 0 Å². The second-order valence-corrected chi connectivity index (χ2v) is 6.90. The molecule has 0 fully saturated rings. The molecule has 2 aromatic rings. The van der Waals surface area contributed by atoms with Gasteiger partial charge in [-0.05, 0) is 36.1 Å². The van der Waals surface area contributed by atoms with Gasteiger partial charge in [-0.2, -0.15) is 0 Å². The Kier molecular flexibility index (Phi) is 6.01. The monoisotopic (exact) mass is 395 g/mol. The van der Waals surface area contributed by atoms with Crippen molar-refractivity contribution >= 4 is 17.8 Å². The molecule has 0 aromatic heterocycles. The molecule has 0 bridgehead atoms. The molecule has 1 aliphatic rings. The molecular weight excluding hydrogens is 370 g/mol. The molecule has 2 aromatic carbocycles. The van der Waals surface area contributed by atoms with E-state index in [1.165, 1.54) is 11.8 Å². The van der Waals surface area contributed by atoms with Gasteiger partial charge in [-0.25, -0.2) is 9.59 Å². The van der Waals surface area contributed by atoms with Gasteiger partial charge >= 0.3 is 11.9 Å². The SMILES string of the molecule is CCOC(=O)C1(C(=O)OCC)Cc2ccccc2-c2ccccc2CN1C(C)=O. The zero-order valence-corrected chi connectivity index (χ0v) is 16.9. The standard InChI is InChI=1S/C23H25NO5/c1-4-28-21(26)23(22(27)29-5-2)14-17-10-6-8-12-19(17)20-13-9-7-11-18(20)15-24(23)16(3)25/h6-13H,4-5,14-15H2,1-3H3. The number of benzene rings is 2. The Balaban J connectivity index is 2.31. The van der Waals surface area contributed by atoms with Crippen LogP contribution in [-0.4, -0.2) is 41.5 Å². The quantitative estimate of drug-likeness (QED) is 0.587. The van der Waals surface area contributed by atoms with Gasteiger partial charge < -0.3 is 14.4 Å². The summed E-state index contributed by atoms with van der Waals surface area (Å²) < 4.78 is 10.6. The van der Waals surface area contributed by atoms with E-state index in [9.17, 15) is 14.4 Å². The van der Waals surface area contributed by atoms with E-state index in [0.29, 0.717) is 0 Å². The summed E-state index contributed by atoms with van der Waals surface area (Å²) >= 11 is 0.